The van der Waals surface area contributed by atoms with Gasteiger partial charge in [0.1, 0.15) is 5.54 Å². The first-order valence-electron chi connectivity index (χ1n) is 8.08. The average Bonchev–Trinajstić information content (AvgIpc) is 3.05. The molecule has 2 fully saturated rings. The fourth-order valence-corrected chi connectivity index (χ4v) is 3.45. The number of ether oxygens (including phenoxy) is 1. The van der Waals surface area contributed by atoms with Gasteiger partial charge in [0.2, 0.25) is 5.91 Å². The Bertz CT molecular complexity index is 569. The molecule has 2 aliphatic rings. The van der Waals surface area contributed by atoms with Crippen LogP contribution in [-0.2, 0) is 14.3 Å². The molecular weight excluding hydrogens is 296 g/mol. The van der Waals surface area contributed by atoms with Crippen LogP contribution in [0.15, 0.2) is 30.3 Å². The molecule has 124 valence electrons. The zero-order valence-electron chi connectivity index (χ0n) is 13.0. The van der Waals surface area contributed by atoms with E-state index in [9.17, 15) is 9.59 Å². The third-order valence-electron chi connectivity index (χ3n) is 4.65. The van der Waals surface area contributed by atoms with Gasteiger partial charge in [0.05, 0.1) is 13.2 Å². The first-order chi connectivity index (χ1) is 11.1. The molecule has 1 aromatic rings. The Morgan fingerprint density at radius 1 is 1.22 bits per heavy atom. The number of hydrogen-bond acceptors (Lipinski definition) is 4. The van der Waals surface area contributed by atoms with E-state index in [1.165, 1.54) is 0 Å². The van der Waals surface area contributed by atoms with Crippen molar-refractivity contribution in [1.82, 2.24) is 4.90 Å². The Kier molecular flexibility index (Phi) is 4.52. The van der Waals surface area contributed by atoms with Crippen molar-refractivity contribution in [3.63, 3.8) is 0 Å². The number of amides is 1. The van der Waals surface area contributed by atoms with Crippen LogP contribution in [0.4, 0.5) is 5.69 Å². The molecule has 6 nitrogen and oxygen atoms in total. The number of carbonyl (C=O) groups is 2. The first kappa shape index (κ1) is 15.8. The standard InChI is InChI=1S/C17H22N2O4/c20-15(21)14-12-19(10-11-23-14)16(22)17(8-4-5-9-17)18-13-6-2-1-3-7-13/h1-3,6-7,14,18H,4-5,8-12H2,(H,20,21). The number of para-hydroxylation sites is 1. The van der Waals surface area contributed by atoms with Gasteiger partial charge in [-0.15, -0.1) is 0 Å². The minimum Gasteiger partial charge on any atom is -0.479 e. The number of morpholine rings is 1. The summed E-state index contributed by atoms with van der Waals surface area (Å²) in [6, 6.07) is 9.71. The molecule has 1 aromatic carbocycles. The van der Waals surface area contributed by atoms with Gasteiger partial charge < -0.3 is 20.1 Å². The lowest BCUT2D eigenvalue weighted by molar-refractivity contribution is -0.160. The van der Waals surface area contributed by atoms with Crippen LogP contribution in [-0.4, -0.2) is 53.2 Å². The van der Waals surface area contributed by atoms with Crippen molar-refractivity contribution in [2.75, 3.05) is 25.0 Å². The normalized spacial score (nSPS) is 23.5. The third-order valence-corrected chi connectivity index (χ3v) is 4.65. The van der Waals surface area contributed by atoms with E-state index in [4.69, 9.17) is 9.84 Å². The second kappa shape index (κ2) is 6.58. The van der Waals surface area contributed by atoms with Crippen LogP contribution in [0.1, 0.15) is 25.7 Å². The summed E-state index contributed by atoms with van der Waals surface area (Å²) in [7, 11) is 0. The van der Waals surface area contributed by atoms with Crippen LogP contribution in [0.2, 0.25) is 0 Å². The van der Waals surface area contributed by atoms with Crippen molar-refractivity contribution >= 4 is 17.6 Å². The molecule has 1 aliphatic heterocycles. The van der Waals surface area contributed by atoms with Crippen LogP contribution in [0.25, 0.3) is 0 Å². The summed E-state index contributed by atoms with van der Waals surface area (Å²) in [6.07, 6.45) is 2.62. The Hall–Kier alpha value is -2.08. The number of aliphatic carboxylic acids is 1. The van der Waals surface area contributed by atoms with Gasteiger partial charge in [0.25, 0.3) is 0 Å². The van der Waals surface area contributed by atoms with E-state index in [1.807, 2.05) is 30.3 Å². The van der Waals surface area contributed by atoms with Crippen molar-refractivity contribution < 1.29 is 19.4 Å². The molecule has 0 spiro atoms. The lowest BCUT2D eigenvalue weighted by atomic mass is 9.94. The van der Waals surface area contributed by atoms with Crippen molar-refractivity contribution in [2.24, 2.45) is 0 Å². The lowest BCUT2D eigenvalue weighted by Gasteiger charge is -2.39. The Balaban J connectivity index is 1.77. The van der Waals surface area contributed by atoms with E-state index in [0.29, 0.717) is 6.54 Å². The predicted octanol–water partition coefficient (Wildman–Crippen LogP) is 1.72. The van der Waals surface area contributed by atoms with Crippen LogP contribution in [0.3, 0.4) is 0 Å². The van der Waals surface area contributed by atoms with E-state index in [-0.39, 0.29) is 19.1 Å². The summed E-state index contributed by atoms with van der Waals surface area (Å²) < 4.78 is 5.22. The van der Waals surface area contributed by atoms with Gasteiger partial charge >= 0.3 is 5.97 Å². The van der Waals surface area contributed by atoms with Crippen molar-refractivity contribution in [2.45, 2.75) is 37.3 Å². The first-order valence-corrected chi connectivity index (χ1v) is 8.08. The molecule has 23 heavy (non-hydrogen) atoms. The van der Waals surface area contributed by atoms with E-state index in [0.717, 1.165) is 31.4 Å². The Morgan fingerprint density at radius 3 is 2.57 bits per heavy atom. The minimum atomic E-state index is -1.01. The molecule has 6 heteroatoms. The summed E-state index contributed by atoms with van der Waals surface area (Å²) in [5.41, 5.74) is 0.299. The summed E-state index contributed by atoms with van der Waals surface area (Å²) >= 11 is 0. The number of nitrogens with zero attached hydrogens (tertiary/aromatic N) is 1. The lowest BCUT2D eigenvalue weighted by Crippen LogP contribution is -2.57. The minimum absolute atomic E-state index is 0.00611. The molecule has 1 heterocycles. The SMILES string of the molecule is O=C(O)C1CN(C(=O)C2(Nc3ccccc3)CCCC2)CCO1. The van der Waals surface area contributed by atoms with Crippen LogP contribution in [0, 0.1) is 0 Å². The molecule has 1 unspecified atom stereocenters. The van der Waals surface area contributed by atoms with E-state index in [1.54, 1.807) is 4.90 Å². The summed E-state index contributed by atoms with van der Waals surface area (Å²) in [5, 5.41) is 12.5. The molecule has 0 radical (unpaired) electrons. The quantitative estimate of drug-likeness (QED) is 0.884. The van der Waals surface area contributed by atoms with Crippen LogP contribution in [0.5, 0.6) is 0 Å². The average molecular weight is 318 g/mol. The third kappa shape index (κ3) is 3.32. The van der Waals surface area contributed by atoms with Gasteiger partial charge in [-0.25, -0.2) is 4.79 Å². The number of anilines is 1. The van der Waals surface area contributed by atoms with E-state index >= 15 is 0 Å². The zero-order chi connectivity index (χ0) is 16.3. The maximum Gasteiger partial charge on any atom is 0.334 e. The second-order valence-electron chi connectivity index (χ2n) is 6.23. The highest BCUT2D eigenvalue weighted by Crippen LogP contribution is 2.35. The van der Waals surface area contributed by atoms with Gasteiger partial charge in [-0.3, -0.25) is 4.79 Å². The maximum atomic E-state index is 13.1. The molecule has 2 N–H and O–H groups in total. The monoisotopic (exact) mass is 318 g/mol. The van der Waals surface area contributed by atoms with Gasteiger partial charge in [0.15, 0.2) is 6.10 Å². The topological polar surface area (TPSA) is 78.9 Å². The van der Waals surface area contributed by atoms with Gasteiger partial charge in [-0.1, -0.05) is 31.0 Å². The fraction of sp³-hybridized carbons (Fsp3) is 0.529. The van der Waals surface area contributed by atoms with Gasteiger partial charge in [-0.05, 0) is 25.0 Å². The number of nitrogens with one attached hydrogen (secondary N) is 1. The molecule has 0 aromatic heterocycles. The molecule has 1 saturated carbocycles. The highest BCUT2D eigenvalue weighted by Gasteiger charge is 2.45. The van der Waals surface area contributed by atoms with E-state index in [2.05, 4.69) is 5.32 Å². The molecule has 1 saturated heterocycles. The molecule has 1 amide bonds. The van der Waals surface area contributed by atoms with Crippen molar-refractivity contribution in [3.05, 3.63) is 30.3 Å². The van der Waals surface area contributed by atoms with Crippen LogP contribution < -0.4 is 5.32 Å². The molecule has 1 aliphatic carbocycles. The van der Waals surface area contributed by atoms with Gasteiger partial charge in [0, 0.05) is 12.2 Å². The van der Waals surface area contributed by atoms with E-state index < -0.39 is 17.6 Å². The molecule has 0 bridgehead atoms. The number of hydrogen-bond donors (Lipinski definition) is 2. The second-order valence-corrected chi connectivity index (χ2v) is 6.23. The summed E-state index contributed by atoms with van der Waals surface area (Å²) in [6.45, 7) is 0.831. The maximum absolute atomic E-state index is 13.1. The number of carbonyl (C=O) groups excluding carboxylic acids is 1. The number of rotatable bonds is 4. The summed E-state index contributed by atoms with van der Waals surface area (Å²) in [5.74, 6) is -1.02. The number of carboxylic acids is 1. The smallest absolute Gasteiger partial charge is 0.334 e. The molecule has 1 atom stereocenters. The van der Waals surface area contributed by atoms with Crippen LogP contribution >= 0.6 is 0 Å². The fourth-order valence-electron chi connectivity index (χ4n) is 3.45. The number of carboxylic acid groups (broad SMARTS) is 1. The highest BCUT2D eigenvalue weighted by atomic mass is 16.5. The predicted molar refractivity (Wildman–Crippen MR) is 85.2 cm³/mol. The zero-order valence-corrected chi connectivity index (χ0v) is 13.0. The largest absolute Gasteiger partial charge is 0.479 e. The molecular formula is C17H22N2O4. The summed E-state index contributed by atoms with van der Waals surface area (Å²) in [4.78, 5) is 25.9. The van der Waals surface area contributed by atoms with Crippen molar-refractivity contribution in [3.8, 4) is 0 Å². The Morgan fingerprint density at radius 2 is 1.91 bits per heavy atom. The van der Waals surface area contributed by atoms with Crippen molar-refractivity contribution in [1.29, 1.82) is 0 Å². The Labute approximate surface area is 135 Å². The molecule has 3 rings (SSSR count). The van der Waals surface area contributed by atoms with Gasteiger partial charge in [-0.2, -0.15) is 0 Å². The number of benzene rings is 1. The highest BCUT2D eigenvalue weighted by molar-refractivity contribution is 5.90.